The maximum absolute atomic E-state index is 13.9. The van der Waals surface area contributed by atoms with Crippen LogP contribution in [0.2, 0.25) is 0 Å². The molecule has 1 aromatic heterocycles. The Labute approximate surface area is 269 Å². The van der Waals surface area contributed by atoms with Crippen molar-refractivity contribution in [2.24, 2.45) is 4.99 Å². The lowest BCUT2D eigenvalue weighted by Gasteiger charge is -2.23. The number of halogens is 1. The van der Waals surface area contributed by atoms with Gasteiger partial charge in [-0.3, -0.25) is 19.5 Å². The van der Waals surface area contributed by atoms with Crippen molar-refractivity contribution in [2.75, 3.05) is 20.3 Å². The Hall–Kier alpha value is -4.75. The minimum Gasteiger partial charge on any atom is -0.490 e. The number of methoxy groups -OCH3 is 1. The Bertz CT molecular complexity index is 1970. The summed E-state index contributed by atoms with van der Waals surface area (Å²) in [6.45, 7) is 4.64. The summed E-state index contributed by atoms with van der Waals surface area (Å²) in [6.07, 6.45) is 2.94. The maximum atomic E-state index is 13.9. The standard InChI is InChI=1S/C32H28BrN3O8S/c1-4-42-25-12-11-21(16-26(25)43-5-2)28-22(31(38)41-3)17-34-32-35(28)30(37)27(45-32)15-20-13-23(33)29(24(14-20)36(39)40)44-18-19-9-7-6-8-10-19/h6-17,28H,4-5,18H2,1-3H3/b27-15+/t28-/m0/s1. The minimum absolute atomic E-state index is 0.0748. The van der Waals surface area contributed by atoms with E-state index in [4.69, 9.17) is 18.9 Å². The summed E-state index contributed by atoms with van der Waals surface area (Å²) in [7, 11) is 1.26. The van der Waals surface area contributed by atoms with Crippen LogP contribution in [-0.2, 0) is 16.1 Å². The Morgan fingerprint density at radius 3 is 2.49 bits per heavy atom. The average Bonchev–Trinajstić information content (AvgIpc) is 3.35. The van der Waals surface area contributed by atoms with Crippen LogP contribution in [0.3, 0.4) is 0 Å². The molecule has 0 N–H and O–H groups in total. The molecule has 0 fully saturated rings. The first kappa shape index (κ1) is 31.7. The second kappa shape index (κ2) is 13.9. The zero-order chi connectivity index (χ0) is 32.1. The van der Waals surface area contributed by atoms with Gasteiger partial charge in [0, 0.05) is 12.3 Å². The molecule has 45 heavy (non-hydrogen) atoms. The number of hydrogen-bond donors (Lipinski definition) is 0. The summed E-state index contributed by atoms with van der Waals surface area (Å²) in [4.78, 5) is 43.0. The lowest BCUT2D eigenvalue weighted by atomic mass is 9.97. The second-order valence-corrected chi connectivity index (χ2v) is 11.5. The number of ether oxygens (including phenoxy) is 4. The van der Waals surface area contributed by atoms with Crippen molar-refractivity contribution in [3.63, 3.8) is 0 Å². The number of hydrogen-bond acceptors (Lipinski definition) is 10. The zero-order valence-electron chi connectivity index (χ0n) is 24.5. The number of benzene rings is 3. The molecule has 0 saturated heterocycles. The molecule has 0 amide bonds. The molecule has 0 unspecified atom stereocenters. The Morgan fingerprint density at radius 2 is 1.80 bits per heavy atom. The van der Waals surface area contributed by atoms with Crippen LogP contribution in [0.25, 0.3) is 6.08 Å². The highest BCUT2D eigenvalue weighted by molar-refractivity contribution is 9.10. The Balaban J connectivity index is 1.60. The second-order valence-electron chi connectivity index (χ2n) is 9.63. The minimum atomic E-state index is -0.874. The van der Waals surface area contributed by atoms with Crippen molar-refractivity contribution < 1.29 is 28.7 Å². The first-order valence-electron chi connectivity index (χ1n) is 13.9. The largest absolute Gasteiger partial charge is 0.490 e. The van der Waals surface area contributed by atoms with Crippen LogP contribution in [0.5, 0.6) is 17.2 Å². The van der Waals surface area contributed by atoms with E-state index in [2.05, 4.69) is 20.9 Å². The summed E-state index contributed by atoms with van der Waals surface area (Å²) in [5.41, 5.74) is 1.29. The number of carbonyl (C=O) groups excluding carboxylic acids is 1. The molecule has 11 nitrogen and oxygen atoms in total. The quantitative estimate of drug-likeness (QED) is 0.121. The van der Waals surface area contributed by atoms with Crippen LogP contribution < -0.4 is 29.1 Å². The van der Waals surface area contributed by atoms with Gasteiger partial charge < -0.3 is 18.9 Å². The van der Waals surface area contributed by atoms with E-state index in [0.29, 0.717) is 45.1 Å². The van der Waals surface area contributed by atoms with Gasteiger partial charge in [0.25, 0.3) is 5.56 Å². The van der Waals surface area contributed by atoms with E-state index in [9.17, 15) is 19.7 Å². The fraction of sp³-hybridized carbons (Fsp3) is 0.219. The predicted octanol–water partition coefficient (Wildman–Crippen LogP) is 5.07. The highest BCUT2D eigenvalue weighted by Gasteiger charge is 2.31. The molecule has 0 bridgehead atoms. The van der Waals surface area contributed by atoms with Crippen LogP contribution in [0, 0.1) is 10.1 Å². The van der Waals surface area contributed by atoms with Gasteiger partial charge in [-0.15, -0.1) is 0 Å². The molecule has 3 aromatic carbocycles. The van der Waals surface area contributed by atoms with Crippen LogP contribution in [0.1, 0.15) is 36.6 Å². The topological polar surface area (TPSA) is 131 Å². The number of fused-ring (bicyclic) bond motifs is 1. The van der Waals surface area contributed by atoms with E-state index in [0.717, 1.165) is 16.9 Å². The first-order valence-corrected chi connectivity index (χ1v) is 15.5. The molecular weight excluding hydrogens is 666 g/mol. The summed E-state index contributed by atoms with van der Waals surface area (Å²) in [5, 5.41) is 12.0. The highest BCUT2D eigenvalue weighted by Crippen LogP contribution is 2.38. The molecule has 1 aliphatic rings. The van der Waals surface area contributed by atoms with E-state index < -0.39 is 22.5 Å². The molecule has 0 aliphatic carbocycles. The van der Waals surface area contributed by atoms with E-state index >= 15 is 0 Å². The van der Waals surface area contributed by atoms with Crippen molar-refractivity contribution in [3.8, 4) is 17.2 Å². The third kappa shape index (κ3) is 6.69. The van der Waals surface area contributed by atoms with E-state index in [1.54, 1.807) is 30.3 Å². The van der Waals surface area contributed by atoms with Gasteiger partial charge in [0.05, 0.1) is 45.9 Å². The molecule has 0 spiro atoms. The lowest BCUT2D eigenvalue weighted by Crippen LogP contribution is -2.39. The van der Waals surface area contributed by atoms with E-state index in [1.165, 1.54) is 23.9 Å². The third-order valence-corrected chi connectivity index (χ3v) is 8.36. The monoisotopic (exact) mass is 693 g/mol. The van der Waals surface area contributed by atoms with E-state index in [1.807, 2.05) is 44.2 Å². The first-order chi connectivity index (χ1) is 21.7. The molecule has 0 saturated carbocycles. The van der Waals surface area contributed by atoms with Crippen LogP contribution in [-0.4, -0.2) is 35.8 Å². The predicted molar refractivity (Wildman–Crippen MR) is 172 cm³/mol. The van der Waals surface area contributed by atoms with Gasteiger partial charge in [0.15, 0.2) is 16.3 Å². The number of aromatic nitrogens is 1. The molecule has 5 rings (SSSR count). The Morgan fingerprint density at radius 1 is 1.07 bits per heavy atom. The molecular formula is C32H28BrN3O8S. The number of esters is 1. The molecule has 0 radical (unpaired) electrons. The number of nitro groups is 1. The fourth-order valence-electron chi connectivity index (χ4n) is 4.83. The molecule has 1 atom stereocenters. The summed E-state index contributed by atoms with van der Waals surface area (Å²) < 4.78 is 24.4. The van der Waals surface area contributed by atoms with Gasteiger partial charge >= 0.3 is 11.7 Å². The SMILES string of the molecule is CCOc1ccc([C@H]2C(C(=O)OC)=CN=c3s/c(=C/c4cc(Br)c(OCc5ccccc5)c([N+](=O)[O-])c4)c(=O)n32)cc1OCC. The van der Waals surface area contributed by atoms with Gasteiger partial charge in [0.2, 0.25) is 5.75 Å². The fourth-order valence-corrected chi connectivity index (χ4v) is 6.38. The molecule has 2 heterocycles. The number of carbonyl (C=O) groups is 1. The van der Waals surface area contributed by atoms with Crippen LogP contribution >= 0.6 is 27.3 Å². The van der Waals surface area contributed by atoms with Crippen LogP contribution in [0.15, 0.2) is 86.7 Å². The van der Waals surface area contributed by atoms with Crippen molar-refractivity contribution in [3.05, 3.63) is 123 Å². The third-order valence-electron chi connectivity index (χ3n) is 6.77. The number of nitro benzene ring substituents is 1. The van der Waals surface area contributed by atoms with Gasteiger partial charge in [-0.2, -0.15) is 0 Å². The van der Waals surface area contributed by atoms with Gasteiger partial charge in [0.1, 0.15) is 6.61 Å². The number of nitrogens with zero attached hydrogens (tertiary/aromatic N) is 3. The molecule has 13 heteroatoms. The van der Waals surface area contributed by atoms with Crippen molar-refractivity contribution >= 4 is 45.0 Å². The van der Waals surface area contributed by atoms with Gasteiger partial charge in [-0.05, 0) is 70.7 Å². The number of thiazole rings is 1. The number of rotatable bonds is 11. The molecule has 1 aliphatic heterocycles. The van der Waals surface area contributed by atoms with E-state index in [-0.39, 0.29) is 28.1 Å². The van der Waals surface area contributed by atoms with Crippen molar-refractivity contribution in [2.45, 2.75) is 26.5 Å². The summed E-state index contributed by atoms with van der Waals surface area (Å²) >= 11 is 4.50. The van der Waals surface area contributed by atoms with Gasteiger partial charge in [-0.25, -0.2) is 9.79 Å². The Kier molecular flexibility index (Phi) is 9.79. The molecule has 232 valence electrons. The summed E-state index contributed by atoms with van der Waals surface area (Å²) in [5.74, 6) is 0.427. The van der Waals surface area contributed by atoms with Crippen LogP contribution in [0.4, 0.5) is 5.69 Å². The smallest absolute Gasteiger partial charge is 0.337 e. The molecule has 4 aromatic rings. The normalized spacial score (nSPS) is 14.2. The van der Waals surface area contributed by atoms with Gasteiger partial charge in [-0.1, -0.05) is 47.7 Å². The average molecular weight is 695 g/mol. The lowest BCUT2D eigenvalue weighted by molar-refractivity contribution is -0.386. The zero-order valence-corrected chi connectivity index (χ0v) is 26.9. The summed E-state index contributed by atoms with van der Waals surface area (Å²) in [6, 6.07) is 16.6. The maximum Gasteiger partial charge on any atom is 0.337 e. The highest BCUT2D eigenvalue weighted by atomic mass is 79.9. The van der Waals surface area contributed by atoms with Crippen molar-refractivity contribution in [1.29, 1.82) is 0 Å². The van der Waals surface area contributed by atoms with Crippen molar-refractivity contribution in [1.82, 2.24) is 4.57 Å².